The van der Waals surface area contributed by atoms with E-state index in [-0.39, 0.29) is 17.5 Å². The number of aryl methyl sites for hydroxylation is 2. The molecule has 1 heterocycles. The van der Waals surface area contributed by atoms with Gasteiger partial charge in [-0.2, -0.15) is 4.99 Å². The van der Waals surface area contributed by atoms with Crippen LogP contribution in [0.3, 0.4) is 0 Å². The van der Waals surface area contributed by atoms with Gasteiger partial charge in [0.1, 0.15) is 0 Å². The van der Waals surface area contributed by atoms with Crippen molar-refractivity contribution in [2.75, 3.05) is 5.32 Å². The average molecular weight is 285 g/mol. The molecule has 0 fully saturated rings. The van der Waals surface area contributed by atoms with Crippen LogP contribution in [0.15, 0.2) is 40.1 Å². The molecule has 0 aliphatic carbocycles. The van der Waals surface area contributed by atoms with Gasteiger partial charge in [-0.3, -0.25) is 9.78 Å². The van der Waals surface area contributed by atoms with E-state index in [4.69, 9.17) is 5.73 Å². The van der Waals surface area contributed by atoms with Crippen molar-refractivity contribution in [2.24, 2.45) is 10.7 Å². The van der Waals surface area contributed by atoms with E-state index in [0.717, 1.165) is 24.1 Å². The van der Waals surface area contributed by atoms with E-state index in [1.807, 2.05) is 38.1 Å². The van der Waals surface area contributed by atoms with Gasteiger partial charge in [-0.25, -0.2) is 4.98 Å². The van der Waals surface area contributed by atoms with Crippen LogP contribution >= 0.6 is 0 Å². The molecule has 0 radical (unpaired) electrons. The summed E-state index contributed by atoms with van der Waals surface area (Å²) in [6, 6.07) is 9.23. The van der Waals surface area contributed by atoms with E-state index in [9.17, 15) is 4.79 Å². The fourth-order valence-corrected chi connectivity index (χ4v) is 1.86. The van der Waals surface area contributed by atoms with E-state index in [2.05, 4.69) is 20.3 Å². The molecule has 0 unspecified atom stereocenters. The number of benzene rings is 1. The number of hydrogen-bond acceptors (Lipinski definition) is 3. The van der Waals surface area contributed by atoms with Gasteiger partial charge in [0.15, 0.2) is 0 Å². The second kappa shape index (κ2) is 6.69. The van der Waals surface area contributed by atoms with Crippen LogP contribution in [0.4, 0.5) is 11.6 Å². The number of aliphatic imine (C=N–C) groups is 1. The molecule has 0 saturated carbocycles. The zero-order valence-electron chi connectivity index (χ0n) is 12.2. The second-order valence-electron chi connectivity index (χ2n) is 4.80. The smallest absolute Gasteiger partial charge is 0.252 e. The molecular weight excluding hydrogens is 266 g/mol. The Hall–Kier alpha value is -2.63. The number of anilines is 1. The lowest BCUT2D eigenvalue weighted by molar-refractivity contribution is 0.866. The Morgan fingerprint density at radius 3 is 2.76 bits per heavy atom. The van der Waals surface area contributed by atoms with E-state index >= 15 is 0 Å². The third-order valence-corrected chi connectivity index (χ3v) is 2.84. The zero-order chi connectivity index (χ0) is 15.2. The highest BCUT2D eigenvalue weighted by Gasteiger charge is 2.01. The van der Waals surface area contributed by atoms with Gasteiger partial charge < -0.3 is 11.1 Å². The van der Waals surface area contributed by atoms with Gasteiger partial charge in [0.05, 0.1) is 0 Å². The highest BCUT2D eigenvalue weighted by Crippen LogP contribution is 2.09. The number of nitrogens with zero attached hydrogens (tertiary/aromatic N) is 2. The largest absolute Gasteiger partial charge is 0.369 e. The van der Waals surface area contributed by atoms with E-state index < -0.39 is 0 Å². The fourth-order valence-electron chi connectivity index (χ4n) is 1.86. The summed E-state index contributed by atoms with van der Waals surface area (Å²) in [6.45, 7) is 4.04. The molecule has 1 aromatic heterocycles. The van der Waals surface area contributed by atoms with Gasteiger partial charge in [0, 0.05) is 17.4 Å². The maximum Gasteiger partial charge on any atom is 0.252 e. The van der Waals surface area contributed by atoms with Gasteiger partial charge in [0.2, 0.25) is 11.9 Å². The molecule has 0 amide bonds. The molecule has 2 aromatic rings. The van der Waals surface area contributed by atoms with Crippen LogP contribution in [0.1, 0.15) is 24.6 Å². The molecule has 1 aromatic carbocycles. The van der Waals surface area contributed by atoms with Gasteiger partial charge in [-0.1, -0.05) is 31.0 Å². The molecule has 0 aliphatic rings. The lowest BCUT2D eigenvalue weighted by atomic mass is 10.2. The zero-order valence-corrected chi connectivity index (χ0v) is 12.2. The molecule has 6 nitrogen and oxygen atoms in total. The predicted molar refractivity (Wildman–Crippen MR) is 84.9 cm³/mol. The first kappa shape index (κ1) is 14.8. The predicted octanol–water partition coefficient (Wildman–Crippen LogP) is 2.09. The molecular formula is C15H19N5O. The maximum atomic E-state index is 11.5. The molecule has 0 aliphatic heterocycles. The highest BCUT2D eigenvalue weighted by atomic mass is 16.1. The monoisotopic (exact) mass is 285 g/mol. The second-order valence-corrected chi connectivity index (χ2v) is 4.80. The fraction of sp³-hybridized carbons (Fsp3) is 0.267. The van der Waals surface area contributed by atoms with E-state index in [0.29, 0.717) is 5.69 Å². The Kier molecular flexibility index (Phi) is 4.71. The third kappa shape index (κ3) is 4.45. The minimum Gasteiger partial charge on any atom is -0.369 e. The van der Waals surface area contributed by atoms with Crippen molar-refractivity contribution in [3.05, 3.63) is 51.9 Å². The first-order chi connectivity index (χ1) is 10.1. The van der Waals surface area contributed by atoms with Crippen LogP contribution in [-0.2, 0) is 6.42 Å². The third-order valence-electron chi connectivity index (χ3n) is 2.84. The van der Waals surface area contributed by atoms with Crippen LogP contribution < -0.4 is 16.6 Å². The summed E-state index contributed by atoms with van der Waals surface area (Å²) < 4.78 is 0. The Morgan fingerprint density at radius 2 is 2.10 bits per heavy atom. The summed E-state index contributed by atoms with van der Waals surface area (Å²) >= 11 is 0. The van der Waals surface area contributed by atoms with Crippen LogP contribution in [0, 0.1) is 6.92 Å². The number of nitrogens with two attached hydrogens (primary N) is 1. The lowest BCUT2D eigenvalue weighted by Crippen LogP contribution is -2.22. The van der Waals surface area contributed by atoms with E-state index in [1.54, 1.807) is 0 Å². The summed E-state index contributed by atoms with van der Waals surface area (Å²) in [5.74, 6) is 0.388. The molecule has 0 saturated heterocycles. The topological polar surface area (TPSA) is 96.2 Å². The highest BCUT2D eigenvalue weighted by molar-refractivity contribution is 5.93. The minimum absolute atomic E-state index is 0.177. The van der Waals surface area contributed by atoms with Crippen molar-refractivity contribution < 1.29 is 0 Å². The van der Waals surface area contributed by atoms with Crippen LogP contribution in [0.5, 0.6) is 0 Å². The molecule has 6 heteroatoms. The van der Waals surface area contributed by atoms with Gasteiger partial charge in [-0.15, -0.1) is 0 Å². The van der Waals surface area contributed by atoms with Crippen LogP contribution in [-0.4, -0.2) is 15.9 Å². The number of nitrogens with one attached hydrogen (secondary N) is 2. The van der Waals surface area contributed by atoms with Crippen molar-refractivity contribution in [3.63, 3.8) is 0 Å². The first-order valence-corrected chi connectivity index (χ1v) is 6.85. The summed E-state index contributed by atoms with van der Waals surface area (Å²) in [5, 5.41) is 2.95. The van der Waals surface area contributed by atoms with E-state index in [1.165, 1.54) is 6.07 Å². The number of aromatic amines is 1. The number of guanidine groups is 1. The Bertz CT molecular complexity index is 688. The molecule has 0 atom stereocenters. The van der Waals surface area contributed by atoms with Crippen molar-refractivity contribution in [2.45, 2.75) is 26.7 Å². The minimum atomic E-state index is -0.227. The van der Waals surface area contributed by atoms with Crippen molar-refractivity contribution in [3.8, 4) is 0 Å². The van der Waals surface area contributed by atoms with Crippen molar-refractivity contribution >= 4 is 17.6 Å². The summed E-state index contributed by atoms with van der Waals surface area (Å²) in [6.07, 6.45) is 1.65. The van der Waals surface area contributed by atoms with Gasteiger partial charge in [-0.05, 0) is 25.5 Å². The molecule has 0 bridgehead atoms. The maximum absolute atomic E-state index is 11.5. The standard InChI is InChI=1S/C15H19N5O/c1-3-4-12-9-13(21)19-15(18-12)20-14(16)17-11-7-5-10(2)6-8-11/h5-9H,3-4H2,1-2H3,(H4,16,17,18,19,20,21). The average Bonchev–Trinajstić information content (AvgIpc) is 2.41. The summed E-state index contributed by atoms with van der Waals surface area (Å²) in [4.78, 5) is 22.4. The van der Waals surface area contributed by atoms with Gasteiger partial charge >= 0.3 is 0 Å². The molecule has 2 rings (SSSR count). The number of rotatable bonds is 4. The van der Waals surface area contributed by atoms with Gasteiger partial charge in [0.25, 0.3) is 5.56 Å². The Labute approximate surface area is 123 Å². The van der Waals surface area contributed by atoms with Crippen LogP contribution in [0.25, 0.3) is 0 Å². The van der Waals surface area contributed by atoms with Crippen LogP contribution in [0.2, 0.25) is 0 Å². The molecule has 21 heavy (non-hydrogen) atoms. The first-order valence-electron chi connectivity index (χ1n) is 6.85. The molecule has 4 N–H and O–H groups in total. The summed E-state index contributed by atoms with van der Waals surface area (Å²) in [5.41, 5.74) is 8.30. The number of H-pyrrole nitrogens is 1. The number of aromatic nitrogens is 2. The molecule has 110 valence electrons. The quantitative estimate of drug-likeness (QED) is 0.592. The molecule has 0 spiro atoms. The Morgan fingerprint density at radius 1 is 1.38 bits per heavy atom. The SMILES string of the molecule is CCCc1cc(=O)[nH]c(N=C(N)Nc2ccc(C)cc2)n1. The lowest BCUT2D eigenvalue weighted by Gasteiger charge is -2.05. The number of hydrogen-bond donors (Lipinski definition) is 3. The van der Waals surface area contributed by atoms with Crippen molar-refractivity contribution in [1.82, 2.24) is 9.97 Å². The summed E-state index contributed by atoms with van der Waals surface area (Å²) in [7, 11) is 0. The Balaban J connectivity index is 2.18. The normalized spacial score (nSPS) is 11.4. The van der Waals surface area contributed by atoms with Crippen molar-refractivity contribution in [1.29, 1.82) is 0 Å².